The molecule has 2 N–H and O–H groups in total. The molecular weight excluding hydrogens is 254 g/mol. The van der Waals surface area contributed by atoms with Gasteiger partial charge in [-0.1, -0.05) is 12.1 Å². The van der Waals surface area contributed by atoms with Crippen LogP contribution in [0.5, 0.6) is 5.75 Å². The van der Waals surface area contributed by atoms with Crippen LogP contribution in [-0.4, -0.2) is 43.2 Å². The van der Waals surface area contributed by atoms with E-state index in [4.69, 9.17) is 4.74 Å². The van der Waals surface area contributed by atoms with Crippen LogP contribution in [0.3, 0.4) is 0 Å². The molecule has 110 valence electrons. The minimum absolute atomic E-state index is 0.00834. The first-order chi connectivity index (χ1) is 9.65. The molecule has 0 aromatic heterocycles. The van der Waals surface area contributed by atoms with Gasteiger partial charge in [0.15, 0.2) is 0 Å². The zero-order valence-electron chi connectivity index (χ0n) is 12.2. The van der Waals surface area contributed by atoms with Gasteiger partial charge in [0.2, 0.25) is 0 Å². The van der Waals surface area contributed by atoms with Crippen LogP contribution in [0.2, 0.25) is 0 Å². The fourth-order valence-corrected chi connectivity index (χ4v) is 2.12. The van der Waals surface area contributed by atoms with Crippen molar-refractivity contribution < 1.29 is 9.53 Å². The smallest absolute Gasteiger partial charge is 0.317 e. The van der Waals surface area contributed by atoms with Gasteiger partial charge in [-0.2, -0.15) is 0 Å². The third-order valence-corrected chi connectivity index (χ3v) is 3.14. The normalized spacial score (nSPS) is 15.2. The van der Waals surface area contributed by atoms with Gasteiger partial charge in [-0.3, -0.25) is 0 Å². The minimum atomic E-state index is 0.00834. The Morgan fingerprint density at radius 1 is 1.30 bits per heavy atom. The lowest BCUT2D eigenvalue weighted by atomic mass is 10.2. The van der Waals surface area contributed by atoms with E-state index < -0.39 is 0 Å². The number of nitrogens with one attached hydrogen (secondary N) is 2. The van der Waals surface area contributed by atoms with Crippen molar-refractivity contribution >= 4 is 6.03 Å². The number of carbonyl (C=O) groups excluding carboxylic acids is 1. The predicted octanol–water partition coefficient (Wildman–Crippen LogP) is 1.59. The highest BCUT2D eigenvalue weighted by atomic mass is 16.5. The Hall–Kier alpha value is -1.75. The number of hydrogen-bond donors (Lipinski definition) is 2. The highest BCUT2D eigenvalue weighted by Crippen LogP contribution is 2.13. The van der Waals surface area contributed by atoms with Crippen LogP contribution >= 0.6 is 0 Å². The van der Waals surface area contributed by atoms with Gasteiger partial charge >= 0.3 is 6.03 Å². The van der Waals surface area contributed by atoms with Gasteiger partial charge in [-0.05, 0) is 31.5 Å². The van der Waals surface area contributed by atoms with E-state index in [0.717, 1.165) is 37.5 Å². The Morgan fingerprint density at radius 3 is 2.55 bits per heavy atom. The molecule has 0 atom stereocenters. The summed E-state index contributed by atoms with van der Waals surface area (Å²) >= 11 is 0. The molecule has 2 rings (SSSR count). The Kier molecular flexibility index (Phi) is 5.24. The molecule has 1 heterocycles. The minimum Gasteiger partial charge on any atom is -0.491 e. The molecule has 1 aromatic rings. The van der Waals surface area contributed by atoms with Gasteiger partial charge in [0, 0.05) is 32.7 Å². The van der Waals surface area contributed by atoms with Gasteiger partial charge in [0.1, 0.15) is 5.75 Å². The second-order valence-electron chi connectivity index (χ2n) is 5.21. The Balaban J connectivity index is 1.79. The molecule has 1 aliphatic heterocycles. The SMILES string of the molecule is CC(C)Oc1ccc(CNC(=O)N2CCNCC2)cc1. The maximum atomic E-state index is 11.9. The van der Waals surface area contributed by atoms with E-state index in [1.165, 1.54) is 0 Å². The summed E-state index contributed by atoms with van der Waals surface area (Å²) in [5.74, 6) is 0.859. The average molecular weight is 277 g/mol. The third-order valence-electron chi connectivity index (χ3n) is 3.14. The van der Waals surface area contributed by atoms with Crippen molar-refractivity contribution in [3.05, 3.63) is 29.8 Å². The van der Waals surface area contributed by atoms with Crippen LogP contribution < -0.4 is 15.4 Å². The molecular formula is C15H23N3O2. The molecule has 20 heavy (non-hydrogen) atoms. The fraction of sp³-hybridized carbons (Fsp3) is 0.533. The molecule has 0 bridgehead atoms. The molecule has 2 amide bonds. The van der Waals surface area contributed by atoms with Crippen molar-refractivity contribution in [1.29, 1.82) is 0 Å². The third kappa shape index (κ3) is 4.42. The molecule has 1 aliphatic rings. The number of hydrogen-bond acceptors (Lipinski definition) is 3. The largest absolute Gasteiger partial charge is 0.491 e. The summed E-state index contributed by atoms with van der Waals surface area (Å²) in [6.45, 7) is 7.83. The van der Waals surface area contributed by atoms with E-state index in [0.29, 0.717) is 6.54 Å². The summed E-state index contributed by atoms with van der Waals surface area (Å²) < 4.78 is 5.59. The van der Waals surface area contributed by atoms with Crippen molar-refractivity contribution in [2.24, 2.45) is 0 Å². The Bertz CT molecular complexity index is 425. The molecule has 1 aromatic carbocycles. The van der Waals surface area contributed by atoms with E-state index in [2.05, 4.69) is 10.6 Å². The topological polar surface area (TPSA) is 53.6 Å². The number of amides is 2. The second-order valence-corrected chi connectivity index (χ2v) is 5.21. The van der Waals surface area contributed by atoms with E-state index in [1.807, 2.05) is 43.0 Å². The molecule has 0 radical (unpaired) electrons. The maximum absolute atomic E-state index is 11.9. The number of ether oxygens (including phenoxy) is 1. The average Bonchev–Trinajstić information content (AvgIpc) is 2.46. The van der Waals surface area contributed by atoms with Crippen molar-refractivity contribution in [1.82, 2.24) is 15.5 Å². The first-order valence-electron chi connectivity index (χ1n) is 7.14. The number of benzene rings is 1. The molecule has 0 saturated carbocycles. The zero-order chi connectivity index (χ0) is 14.4. The maximum Gasteiger partial charge on any atom is 0.317 e. The van der Waals surface area contributed by atoms with Crippen LogP contribution in [0, 0.1) is 0 Å². The Morgan fingerprint density at radius 2 is 1.95 bits per heavy atom. The standard InChI is InChI=1S/C15H23N3O2/c1-12(2)20-14-5-3-13(4-6-14)11-17-15(19)18-9-7-16-8-10-18/h3-6,12,16H,7-11H2,1-2H3,(H,17,19). The van der Waals surface area contributed by atoms with Gasteiger partial charge < -0.3 is 20.3 Å². The van der Waals surface area contributed by atoms with Crippen molar-refractivity contribution in [3.63, 3.8) is 0 Å². The highest BCUT2D eigenvalue weighted by molar-refractivity contribution is 5.74. The summed E-state index contributed by atoms with van der Waals surface area (Å²) in [5.41, 5.74) is 1.07. The summed E-state index contributed by atoms with van der Waals surface area (Å²) in [6, 6.07) is 7.85. The number of piperazine rings is 1. The summed E-state index contributed by atoms with van der Waals surface area (Å²) in [5, 5.41) is 6.18. The lowest BCUT2D eigenvalue weighted by molar-refractivity contribution is 0.190. The van der Waals surface area contributed by atoms with Gasteiger partial charge in [-0.15, -0.1) is 0 Å². The van der Waals surface area contributed by atoms with Gasteiger partial charge in [0.05, 0.1) is 6.10 Å². The van der Waals surface area contributed by atoms with Crippen LogP contribution in [0.4, 0.5) is 4.79 Å². The summed E-state index contributed by atoms with van der Waals surface area (Å²) in [6.07, 6.45) is 0.174. The molecule has 5 nitrogen and oxygen atoms in total. The van der Waals surface area contributed by atoms with Crippen molar-refractivity contribution in [2.75, 3.05) is 26.2 Å². The van der Waals surface area contributed by atoms with Crippen LogP contribution in [-0.2, 0) is 6.54 Å². The van der Waals surface area contributed by atoms with E-state index in [9.17, 15) is 4.79 Å². The molecule has 1 saturated heterocycles. The lowest BCUT2D eigenvalue weighted by Gasteiger charge is -2.27. The molecule has 0 aliphatic carbocycles. The highest BCUT2D eigenvalue weighted by Gasteiger charge is 2.15. The lowest BCUT2D eigenvalue weighted by Crippen LogP contribution is -2.50. The molecule has 5 heteroatoms. The quantitative estimate of drug-likeness (QED) is 0.878. The van der Waals surface area contributed by atoms with E-state index in [-0.39, 0.29) is 12.1 Å². The number of nitrogens with zero attached hydrogens (tertiary/aromatic N) is 1. The van der Waals surface area contributed by atoms with Crippen LogP contribution in [0.1, 0.15) is 19.4 Å². The number of rotatable bonds is 4. The van der Waals surface area contributed by atoms with Gasteiger partial charge in [0.25, 0.3) is 0 Å². The zero-order valence-corrected chi connectivity index (χ0v) is 12.2. The first-order valence-corrected chi connectivity index (χ1v) is 7.14. The second kappa shape index (κ2) is 7.14. The summed E-state index contributed by atoms with van der Waals surface area (Å²) in [7, 11) is 0. The Labute approximate surface area is 120 Å². The predicted molar refractivity (Wildman–Crippen MR) is 78.9 cm³/mol. The first kappa shape index (κ1) is 14.7. The molecule has 0 unspecified atom stereocenters. The van der Waals surface area contributed by atoms with E-state index in [1.54, 1.807) is 0 Å². The summed E-state index contributed by atoms with van der Waals surface area (Å²) in [4.78, 5) is 13.8. The van der Waals surface area contributed by atoms with Gasteiger partial charge in [-0.25, -0.2) is 4.79 Å². The van der Waals surface area contributed by atoms with Crippen molar-refractivity contribution in [3.8, 4) is 5.75 Å². The fourth-order valence-electron chi connectivity index (χ4n) is 2.12. The molecule has 1 fully saturated rings. The van der Waals surface area contributed by atoms with Crippen LogP contribution in [0.15, 0.2) is 24.3 Å². The van der Waals surface area contributed by atoms with E-state index >= 15 is 0 Å². The molecule has 0 spiro atoms. The monoisotopic (exact) mass is 277 g/mol. The number of carbonyl (C=O) groups is 1. The van der Waals surface area contributed by atoms with Crippen LogP contribution in [0.25, 0.3) is 0 Å². The number of urea groups is 1. The van der Waals surface area contributed by atoms with Crippen molar-refractivity contribution in [2.45, 2.75) is 26.5 Å².